The van der Waals surface area contributed by atoms with Crippen molar-refractivity contribution < 1.29 is 13.9 Å². The fraction of sp³-hybridized carbons (Fsp3) is 0.500. The summed E-state index contributed by atoms with van der Waals surface area (Å²) in [6.45, 7) is 1.65. The minimum atomic E-state index is -0.251. The molecule has 2 N–H and O–H groups in total. The molecular weight excluding hydrogens is 209 g/mol. The summed E-state index contributed by atoms with van der Waals surface area (Å²) in [5.41, 5.74) is 6.51. The van der Waals surface area contributed by atoms with E-state index in [1.54, 1.807) is 19.2 Å². The smallest absolute Gasteiger partial charge is 0.123 e. The summed E-state index contributed by atoms with van der Waals surface area (Å²) in [7, 11) is 1.65. The lowest BCUT2D eigenvalue weighted by Crippen LogP contribution is -2.17. The van der Waals surface area contributed by atoms with E-state index in [0.717, 1.165) is 12.0 Å². The van der Waals surface area contributed by atoms with E-state index in [-0.39, 0.29) is 11.9 Å². The maximum atomic E-state index is 12.7. The average Bonchev–Trinajstić information content (AvgIpc) is 2.31. The minimum absolute atomic E-state index is 0.169. The van der Waals surface area contributed by atoms with Gasteiger partial charge in [-0.1, -0.05) is 12.1 Å². The summed E-state index contributed by atoms with van der Waals surface area (Å²) in [5.74, 6) is -0.251. The van der Waals surface area contributed by atoms with Crippen LogP contribution in [0.3, 0.4) is 0 Å². The SMILES string of the molecule is COCCCOC(CN)c1ccc(F)cc1. The van der Waals surface area contributed by atoms with E-state index in [4.69, 9.17) is 15.2 Å². The Labute approximate surface area is 95.4 Å². The highest BCUT2D eigenvalue weighted by Crippen LogP contribution is 2.16. The third-order valence-corrected chi connectivity index (χ3v) is 2.27. The quantitative estimate of drug-likeness (QED) is 0.723. The second-order valence-corrected chi connectivity index (χ2v) is 3.49. The Balaban J connectivity index is 2.44. The predicted octanol–water partition coefficient (Wildman–Crippen LogP) is 1.88. The van der Waals surface area contributed by atoms with E-state index in [9.17, 15) is 4.39 Å². The van der Waals surface area contributed by atoms with Crippen LogP contribution in [0.4, 0.5) is 4.39 Å². The van der Waals surface area contributed by atoms with Gasteiger partial charge in [0, 0.05) is 26.9 Å². The molecule has 1 aromatic rings. The molecule has 0 heterocycles. The highest BCUT2D eigenvalue weighted by atomic mass is 19.1. The van der Waals surface area contributed by atoms with Gasteiger partial charge in [-0.05, 0) is 24.1 Å². The molecule has 0 aromatic heterocycles. The van der Waals surface area contributed by atoms with Crippen molar-refractivity contribution in [1.29, 1.82) is 0 Å². The van der Waals surface area contributed by atoms with Gasteiger partial charge in [0.25, 0.3) is 0 Å². The molecule has 0 saturated carbocycles. The van der Waals surface area contributed by atoms with Gasteiger partial charge in [-0.3, -0.25) is 0 Å². The topological polar surface area (TPSA) is 44.5 Å². The third-order valence-electron chi connectivity index (χ3n) is 2.27. The Bertz CT molecular complexity index is 290. The molecular formula is C12H18FNO2. The molecule has 0 amide bonds. The largest absolute Gasteiger partial charge is 0.385 e. The molecule has 1 rings (SSSR count). The van der Waals surface area contributed by atoms with Crippen LogP contribution in [0, 0.1) is 5.82 Å². The zero-order valence-corrected chi connectivity index (χ0v) is 9.49. The zero-order chi connectivity index (χ0) is 11.8. The number of ether oxygens (including phenoxy) is 2. The van der Waals surface area contributed by atoms with Crippen LogP contribution in [0.2, 0.25) is 0 Å². The van der Waals surface area contributed by atoms with Crippen LogP contribution < -0.4 is 5.73 Å². The Morgan fingerprint density at radius 2 is 1.94 bits per heavy atom. The molecule has 4 heteroatoms. The average molecular weight is 227 g/mol. The summed E-state index contributed by atoms with van der Waals surface area (Å²) in [6, 6.07) is 6.22. The summed E-state index contributed by atoms with van der Waals surface area (Å²) in [6.07, 6.45) is 0.659. The Kier molecular flexibility index (Phi) is 6.00. The van der Waals surface area contributed by atoms with Gasteiger partial charge in [0.05, 0.1) is 6.10 Å². The van der Waals surface area contributed by atoms with Crippen molar-refractivity contribution in [2.75, 3.05) is 26.9 Å². The van der Waals surface area contributed by atoms with Crippen molar-refractivity contribution >= 4 is 0 Å². The van der Waals surface area contributed by atoms with Gasteiger partial charge in [-0.25, -0.2) is 4.39 Å². The molecule has 0 aliphatic carbocycles. The lowest BCUT2D eigenvalue weighted by Gasteiger charge is -2.16. The van der Waals surface area contributed by atoms with Crippen molar-refractivity contribution in [3.05, 3.63) is 35.6 Å². The molecule has 1 aromatic carbocycles. The fourth-order valence-corrected chi connectivity index (χ4v) is 1.41. The molecule has 3 nitrogen and oxygen atoms in total. The molecule has 0 bridgehead atoms. The number of nitrogens with two attached hydrogens (primary N) is 1. The van der Waals surface area contributed by atoms with Crippen LogP contribution in [0.15, 0.2) is 24.3 Å². The van der Waals surface area contributed by atoms with Gasteiger partial charge in [0.1, 0.15) is 5.82 Å². The van der Waals surface area contributed by atoms with E-state index >= 15 is 0 Å². The molecule has 90 valence electrons. The fourth-order valence-electron chi connectivity index (χ4n) is 1.41. The third kappa shape index (κ3) is 4.26. The van der Waals surface area contributed by atoms with Gasteiger partial charge in [0.2, 0.25) is 0 Å². The first-order valence-corrected chi connectivity index (χ1v) is 5.34. The van der Waals surface area contributed by atoms with E-state index in [1.165, 1.54) is 12.1 Å². The number of hydrogen-bond donors (Lipinski definition) is 1. The van der Waals surface area contributed by atoms with Gasteiger partial charge in [-0.15, -0.1) is 0 Å². The molecule has 0 aliphatic rings. The second-order valence-electron chi connectivity index (χ2n) is 3.49. The Morgan fingerprint density at radius 3 is 2.50 bits per heavy atom. The highest BCUT2D eigenvalue weighted by Gasteiger charge is 2.09. The first kappa shape index (κ1) is 13.1. The van der Waals surface area contributed by atoms with Crippen LogP contribution in [0.1, 0.15) is 18.1 Å². The number of rotatable bonds is 7. The number of hydrogen-bond acceptors (Lipinski definition) is 3. The highest BCUT2D eigenvalue weighted by molar-refractivity contribution is 5.18. The van der Waals surface area contributed by atoms with E-state index in [0.29, 0.717) is 19.8 Å². The molecule has 1 unspecified atom stereocenters. The zero-order valence-electron chi connectivity index (χ0n) is 9.49. The molecule has 0 aliphatic heterocycles. The van der Waals surface area contributed by atoms with Crippen LogP contribution in [-0.4, -0.2) is 26.9 Å². The molecule has 0 fully saturated rings. The summed E-state index contributed by atoms with van der Waals surface area (Å²) < 4.78 is 23.2. The monoisotopic (exact) mass is 227 g/mol. The normalized spacial score (nSPS) is 12.7. The van der Waals surface area contributed by atoms with Crippen molar-refractivity contribution in [3.8, 4) is 0 Å². The van der Waals surface area contributed by atoms with Crippen molar-refractivity contribution in [2.45, 2.75) is 12.5 Å². The van der Waals surface area contributed by atoms with Crippen molar-refractivity contribution in [1.82, 2.24) is 0 Å². The number of benzene rings is 1. The van der Waals surface area contributed by atoms with Gasteiger partial charge in [-0.2, -0.15) is 0 Å². The molecule has 16 heavy (non-hydrogen) atoms. The summed E-state index contributed by atoms with van der Waals surface area (Å²) in [4.78, 5) is 0. The van der Waals surface area contributed by atoms with Gasteiger partial charge in [0.15, 0.2) is 0 Å². The van der Waals surface area contributed by atoms with Gasteiger partial charge < -0.3 is 15.2 Å². The van der Waals surface area contributed by atoms with E-state index in [1.807, 2.05) is 0 Å². The standard InChI is InChI=1S/C12H18FNO2/c1-15-7-2-8-16-12(9-14)10-3-5-11(13)6-4-10/h3-6,12H,2,7-9,14H2,1H3. The predicted molar refractivity (Wildman–Crippen MR) is 60.6 cm³/mol. The van der Waals surface area contributed by atoms with E-state index in [2.05, 4.69) is 0 Å². The molecule has 0 spiro atoms. The minimum Gasteiger partial charge on any atom is -0.385 e. The molecule has 0 saturated heterocycles. The van der Waals surface area contributed by atoms with Gasteiger partial charge >= 0.3 is 0 Å². The Morgan fingerprint density at radius 1 is 1.25 bits per heavy atom. The van der Waals surface area contributed by atoms with Crippen LogP contribution in [0.5, 0.6) is 0 Å². The van der Waals surface area contributed by atoms with E-state index < -0.39 is 0 Å². The van der Waals surface area contributed by atoms with Crippen molar-refractivity contribution in [3.63, 3.8) is 0 Å². The van der Waals surface area contributed by atoms with Crippen molar-refractivity contribution in [2.24, 2.45) is 5.73 Å². The first-order valence-electron chi connectivity index (χ1n) is 5.34. The van der Waals surface area contributed by atoms with Crippen LogP contribution >= 0.6 is 0 Å². The van der Waals surface area contributed by atoms with Crippen LogP contribution in [0.25, 0.3) is 0 Å². The number of halogens is 1. The Hall–Kier alpha value is -0.970. The lowest BCUT2D eigenvalue weighted by molar-refractivity contribution is 0.0438. The molecule has 0 radical (unpaired) electrons. The summed E-state index contributed by atoms with van der Waals surface area (Å²) in [5, 5.41) is 0. The molecule has 1 atom stereocenters. The second kappa shape index (κ2) is 7.33. The number of methoxy groups -OCH3 is 1. The lowest BCUT2D eigenvalue weighted by atomic mass is 10.1. The maximum Gasteiger partial charge on any atom is 0.123 e. The maximum absolute atomic E-state index is 12.7. The first-order chi connectivity index (χ1) is 7.77. The van der Waals surface area contributed by atoms with Crippen LogP contribution in [-0.2, 0) is 9.47 Å². The summed E-state index contributed by atoms with van der Waals surface area (Å²) >= 11 is 0.